The van der Waals surface area contributed by atoms with Gasteiger partial charge in [0, 0.05) is 30.6 Å². The van der Waals surface area contributed by atoms with Crippen molar-refractivity contribution in [2.24, 2.45) is 0 Å². The average molecular weight is 609 g/mol. The summed E-state index contributed by atoms with van der Waals surface area (Å²) in [6.45, 7) is -1.36. The Morgan fingerprint density at radius 1 is 1.02 bits per heavy atom. The number of alkyl halides is 7. The molecule has 220 valence electrons. The minimum absolute atomic E-state index is 0.0531. The third kappa shape index (κ3) is 7.11. The molecule has 1 aliphatic rings. The molecular formula is C25H19F8N3O4S. The van der Waals surface area contributed by atoms with Crippen molar-refractivity contribution in [1.82, 2.24) is 14.6 Å². The van der Waals surface area contributed by atoms with E-state index in [0.29, 0.717) is 10.5 Å². The highest BCUT2D eigenvalue weighted by Gasteiger charge is 2.44. The van der Waals surface area contributed by atoms with E-state index in [2.05, 4.69) is 15.0 Å². The number of amides is 1. The lowest BCUT2D eigenvalue weighted by atomic mass is 10.1. The monoisotopic (exact) mass is 609 g/mol. The maximum atomic E-state index is 14.3. The molecule has 1 amide bonds. The Balaban J connectivity index is 1.58. The molecule has 0 bridgehead atoms. The number of hydrogen-bond donors (Lipinski definition) is 1. The molecule has 1 N–H and O–H groups in total. The first-order valence-corrected chi connectivity index (χ1v) is 13.1. The first-order chi connectivity index (χ1) is 19.0. The molecule has 0 spiro atoms. The highest BCUT2D eigenvalue weighted by atomic mass is 32.2. The minimum Gasteiger partial charge on any atom is -0.404 e. The molecule has 0 radical (unpaired) electrons. The fourth-order valence-electron chi connectivity index (χ4n) is 4.13. The van der Waals surface area contributed by atoms with Crippen molar-refractivity contribution < 1.29 is 53.1 Å². The van der Waals surface area contributed by atoms with E-state index in [-0.39, 0.29) is 16.8 Å². The van der Waals surface area contributed by atoms with E-state index in [1.165, 1.54) is 0 Å². The second-order valence-corrected chi connectivity index (χ2v) is 10.8. The van der Waals surface area contributed by atoms with Gasteiger partial charge in [0.2, 0.25) is 15.9 Å². The van der Waals surface area contributed by atoms with Crippen LogP contribution in [0, 0.1) is 5.82 Å². The second kappa shape index (κ2) is 11.2. The van der Waals surface area contributed by atoms with Crippen LogP contribution in [0.3, 0.4) is 0 Å². The standard InChI is InChI=1S/C25H19F8N3O4S/c26-17-5-7-19(8-6-17)41(38,39)36-13-18(27)10-21(36)23(37)35-11-15-9-20(34-12-22(15)40-25(31,32)33)14-1-3-16(4-2-14)24(28,29)30/h1-9,12,18,21H,10-11,13H2,(H,35,37)/t18-,21+/m1/s1. The molecule has 1 aromatic heterocycles. The first-order valence-electron chi connectivity index (χ1n) is 11.7. The predicted octanol–water partition coefficient (Wildman–Crippen LogP) is 5.22. The summed E-state index contributed by atoms with van der Waals surface area (Å²) in [4.78, 5) is 16.4. The van der Waals surface area contributed by atoms with Crippen LogP contribution in [-0.4, -0.2) is 48.7 Å². The van der Waals surface area contributed by atoms with E-state index in [1.807, 2.05) is 0 Å². The van der Waals surface area contributed by atoms with Crippen LogP contribution in [-0.2, 0) is 27.5 Å². The maximum Gasteiger partial charge on any atom is 0.573 e. The van der Waals surface area contributed by atoms with Crippen molar-refractivity contribution in [1.29, 1.82) is 0 Å². The number of benzene rings is 2. The molecule has 1 fully saturated rings. The number of sulfonamides is 1. The van der Waals surface area contributed by atoms with E-state index in [9.17, 15) is 48.3 Å². The van der Waals surface area contributed by atoms with Gasteiger partial charge in [-0.2, -0.15) is 17.5 Å². The minimum atomic E-state index is -5.16. The molecule has 0 saturated carbocycles. The van der Waals surface area contributed by atoms with Crippen molar-refractivity contribution in [3.63, 3.8) is 0 Å². The smallest absolute Gasteiger partial charge is 0.404 e. The van der Waals surface area contributed by atoms with E-state index in [4.69, 9.17) is 0 Å². The quantitative estimate of drug-likeness (QED) is 0.371. The third-order valence-electron chi connectivity index (χ3n) is 6.06. The van der Waals surface area contributed by atoms with Gasteiger partial charge in [0.25, 0.3) is 0 Å². The van der Waals surface area contributed by atoms with Gasteiger partial charge in [-0.25, -0.2) is 17.2 Å². The molecule has 1 aliphatic heterocycles. The normalized spacial score (nSPS) is 18.3. The number of pyridine rings is 1. The largest absolute Gasteiger partial charge is 0.573 e. The zero-order valence-electron chi connectivity index (χ0n) is 20.5. The van der Waals surface area contributed by atoms with Gasteiger partial charge in [-0.05, 0) is 42.5 Å². The van der Waals surface area contributed by atoms with Crippen LogP contribution in [0.4, 0.5) is 35.1 Å². The number of ether oxygens (including phenoxy) is 1. The zero-order valence-corrected chi connectivity index (χ0v) is 21.3. The number of aromatic nitrogens is 1. The number of hydrogen-bond acceptors (Lipinski definition) is 5. The molecule has 4 rings (SSSR count). The highest BCUT2D eigenvalue weighted by molar-refractivity contribution is 7.89. The van der Waals surface area contributed by atoms with Crippen molar-refractivity contribution in [3.05, 3.63) is 77.7 Å². The lowest BCUT2D eigenvalue weighted by Crippen LogP contribution is -2.45. The van der Waals surface area contributed by atoms with E-state index in [0.717, 1.165) is 54.6 Å². The second-order valence-electron chi connectivity index (χ2n) is 8.90. The van der Waals surface area contributed by atoms with Crippen molar-refractivity contribution in [2.45, 2.75) is 42.6 Å². The molecule has 2 atom stereocenters. The summed E-state index contributed by atoms with van der Waals surface area (Å²) in [6.07, 6.45) is -11.4. The Hall–Kier alpha value is -3.79. The number of carbonyl (C=O) groups excluding carboxylic acids is 1. The van der Waals surface area contributed by atoms with Crippen LogP contribution in [0.2, 0.25) is 0 Å². The van der Waals surface area contributed by atoms with Crippen LogP contribution < -0.4 is 10.1 Å². The Kier molecular flexibility index (Phi) is 8.27. The van der Waals surface area contributed by atoms with E-state index in [1.54, 1.807) is 0 Å². The highest BCUT2D eigenvalue weighted by Crippen LogP contribution is 2.33. The summed E-state index contributed by atoms with van der Waals surface area (Å²) in [5.74, 6) is -2.60. The van der Waals surface area contributed by atoms with Crippen LogP contribution in [0.5, 0.6) is 5.75 Å². The van der Waals surface area contributed by atoms with Crippen molar-refractivity contribution >= 4 is 15.9 Å². The summed E-state index contributed by atoms with van der Waals surface area (Å²) in [5, 5.41) is 2.26. The van der Waals surface area contributed by atoms with Crippen LogP contribution >= 0.6 is 0 Å². The molecule has 2 aromatic carbocycles. The molecule has 16 heteroatoms. The molecule has 2 heterocycles. The summed E-state index contributed by atoms with van der Waals surface area (Å²) in [5.41, 5.74) is -1.21. The Morgan fingerprint density at radius 3 is 2.24 bits per heavy atom. The number of carbonyl (C=O) groups is 1. The summed E-state index contributed by atoms with van der Waals surface area (Å²) >= 11 is 0. The molecule has 0 aliphatic carbocycles. The first kappa shape index (κ1) is 30.2. The Labute approximate surface area is 227 Å². The molecular weight excluding hydrogens is 590 g/mol. The van der Waals surface area contributed by atoms with Gasteiger partial charge < -0.3 is 10.1 Å². The Bertz CT molecular complexity index is 1510. The topological polar surface area (TPSA) is 88.6 Å². The fraction of sp³-hybridized carbons (Fsp3) is 0.280. The Morgan fingerprint density at radius 2 is 1.66 bits per heavy atom. The van der Waals surface area contributed by atoms with Crippen LogP contribution in [0.1, 0.15) is 17.5 Å². The van der Waals surface area contributed by atoms with Crippen LogP contribution in [0.25, 0.3) is 11.3 Å². The molecule has 1 saturated heterocycles. The number of nitrogens with one attached hydrogen (secondary N) is 1. The van der Waals surface area contributed by atoms with Gasteiger partial charge in [0.15, 0.2) is 5.75 Å². The third-order valence-corrected chi connectivity index (χ3v) is 7.95. The SMILES string of the molecule is O=C(NCc1cc(-c2ccc(C(F)(F)F)cc2)ncc1OC(F)(F)F)[C@@H]1C[C@@H](F)CN1S(=O)(=O)c1ccc(F)cc1. The van der Waals surface area contributed by atoms with E-state index < -0.39 is 82.2 Å². The molecule has 41 heavy (non-hydrogen) atoms. The summed E-state index contributed by atoms with van der Waals surface area (Å²) in [6, 6.07) is 6.68. The predicted molar refractivity (Wildman–Crippen MR) is 127 cm³/mol. The maximum absolute atomic E-state index is 14.3. The number of nitrogens with zero attached hydrogens (tertiary/aromatic N) is 2. The molecule has 3 aromatic rings. The number of rotatable bonds is 7. The van der Waals surface area contributed by atoms with Gasteiger partial charge >= 0.3 is 12.5 Å². The fourth-order valence-corrected chi connectivity index (χ4v) is 5.76. The van der Waals surface area contributed by atoms with Gasteiger partial charge in [-0.15, -0.1) is 13.2 Å². The lowest BCUT2D eigenvalue weighted by Gasteiger charge is -2.23. The van der Waals surface area contributed by atoms with Gasteiger partial charge in [0.1, 0.15) is 18.0 Å². The van der Waals surface area contributed by atoms with Gasteiger partial charge in [-0.1, -0.05) is 12.1 Å². The summed E-state index contributed by atoms with van der Waals surface area (Å²) < 4.78 is 136. The molecule has 0 unspecified atom stereocenters. The molecule has 7 nitrogen and oxygen atoms in total. The van der Waals surface area contributed by atoms with Gasteiger partial charge in [0.05, 0.1) is 22.3 Å². The van der Waals surface area contributed by atoms with E-state index >= 15 is 0 Å². The number of halogens is 8. The lowest BCUT2D eigenvalue weighted by molar-refractivity contribution is -0.275. The van der Waals surface area contributed by atoms with Crippen LogP contribution in [0.15, 0.2) is 65.7 Å². The zero-order chi connectivity index (χ0) is 30.2. The average Bonchev–Trinajstić information content (AvgIpc) is 3.29. The van der Waals surface area contributed by atoms with Crippen molar-refractivity contribution in [2.75, 3.05) is 6.54 Å². The van der Waals surface area contributed by atoms with Gasteiger partial charge in [-0.3, -0.25) is 9.78 Å². The van der Waals surface area contributed by atoms with Crippen molar-refractivity contribution in [3.8, 4) is 17.0 Å². The summed E-state index contributed by atoms with van der Waals surface area (Å²) in [7, 11) is -4.45.